The van der Waals surface area contributed by atoms with Gasteiger partial charge in [-0.05, 0) is 36.6 Å². The van der Waals surface area contributed by atoms with Crippen LogP contribution in [0, 0.1) is 0 Å². The van der Waals surface area contributed by atoms with Crippen molar-refractivity contribution in [2.75, 3.05) is 23.3 Å². The fourth-order valence-electron chi connectivity index (χ4n) is 4.58. The highest BCUT2D eigenvalue weighted by Gasteiger charge is 2.43. The number of aromatic amines is 1. The van der Waals surface area contributed by atoms with E-state index in [2.05, 4.69) is 35.2 Å². The topological polar surface area (TPSA) is 133 Å². The summed E-state index contributed by atoms with van der Waals surface area (Å²) in [7, 11) is 0. The van der Waals surface area contributed by atoms with Crippen LogP contribution >= 0.6 is 11.6 Å². The second-order valence-electron chi connectivity index (χ2n) is 9.10. The molecule has 5 rings (SSSR count). The van der Waals surface area contributed by atoms with Gasteiger partial charge in [-0.15, -0.1) is 0 Å². The van der Waals surface area contributed by atoms with E-state index in [0.717, 1.165) is 10.9 Å². The van der Waals surface area contributed by atoms with Crippen molar-refractivity contribution in [2.24, 2.45) is 0 Å². The average molecular weight is 601 g/mol. The number of nitrogens with zero attached hydrogens (tertiary/aromatic N) is 6. The third-order valence-corrected chi connectivity index (χ3v) is 6.55. The van der Waals surface area contributed by atoms with Gasteiger partial charge in [0.25, 0.3) is 0 Å². The van der Waals surface area contributed by atoms with Crippen LogP contribution < -0.4 is 10.2 Å². The Hall–Kier alpha value is -4.21. The van der Waals surface area contributed by atoms with Crippen LogP contribution in [0.3, 0.4) is 0 Å². The SMILES string of the molecule is O=C(O)CCCNc1ncc([C@H]2c3[nH]c4ccc(Cl)cc4c3CCN2c2nc(C(F)(F)F)nc(C(F)(F)F)n2)cn1. The first-order chi connectivity index (χ1) is 19.3. The van der Waals surface area contributed by atoms with Crippen molar-refractivity contribution in [3.8, 4) is 0 Å². The highest BCUT2D eigenvalue weighted by Crippen LogP contribution is 2.41. The van der Waals surface area contributed by atoms with Crippen LogP contribution in [-0.4, -0.2) is 54.1 Å². The van der Waals surface area contributed by atoms with E-state index in [1.165, 1.54) is 17.3 Å². The molecular formula is C24H19ClF6N8O2. The lowest BCUT2D eigenvalue weighted by molar-refractivity contribution is -0.155. The summed E-state index contributed by atoms with van der Waals surface area (Å²) in [5.74, 6) is -5.57. The molecule has 4 aromatic rings. The fourth-order valence-corrected chi connectivity index (χ4v) is 4.75. The molecule has 0 saturated heterocycles. The molecule has 1 aliphatic rings. The number of alkyl halides is 6. The normalized spacial score (nSPS) is 15.7. The minimum atomic E-state index is -5.26. The number of H-pyrrole nitrogens is 1. The van der Waals surface area contributed by atoms with E-state index in [-0.39, 0.29) is 31.9 Å². The summed E-state index contributed by atoms with van der Waals surface area (Å²) in [5, 5.41) is 12.8. The van der Waals surface area contributed by atoms with Crippen molar-refractivity contribution < 1.29 is 36.2 Å². The summed E-state index contributed by atoms with van der Waals surface area (Å²) in [5.41, 5.74) is 2.22. The first-order valence-electron chi connectivity index (χ1n) is 12.1. The standard InChI is InChI=1S/C24H19ClF6N8O2/c25-12-3-4-15-14(8-12)13-5-7-39(22-37-19(23(26,27)28)36-20(38-22)24(29,30)31)18(17(13)35-15)11-9-33-21(34-10-11)32-6-1-2-16(40)41/h3-4,8-10,18,35H,1-2,5-7H2,(H,40,41)(H,32,33,34)/t18-/m0/s1. The number of hydrogen-bond donors (Lipinski definition) is 3. The maximum Gasteiger partial charge on any atom is 0.451 e. The predicted octanol–water partition coefficient (Wildman–Crippen LogP) is 5.26. The van der Waals surface area contributed by atoms with E-state index in [1.54, 1.807) is 18.2 Å². The Morgan fingerprint density at radius 1 is 1.07 bits per heavy atom. The molecule has 0 fully saturated rings. The molecule has 41 heavy (non-hydrogen) atoms. The molecule has 0 spiro atoms. The number of carboxylic acid groups (broad SMARTS) is 1. The van der Waals surface area contributed by atoms with Gasteiger partial charge in [0, 0.05) is 59.1 Å². The van der Waals surface area contributed by atoms with Gasteiger partial charge in [0.15, 0.2) is 0 Å². The van der Waals surface area contributed by atoms with E-state index in [0.29, 0.717) is 28.2 Å². The molecular weight excluding hydrogens is 582 g/mol. The van der Waals surface area contributed by atoms with Gasteiger partial charge in [-0.25, -0.2) is 15.0 Å². The van der Waals surface area contributed by atoms with Crippen LogP contribution in [0.5, 0.6) is 0 Å². The monoisotopic (exact) mass is 600 g/mol. The molecule has 3 aromatic heterocycles. The number of carboxylic acids is 1. The fraction of sp³-hybridized carbons (Fsp3) is 0.333. The van der Waals surface area contributed by atoms with Crippen LogP contribution in [0.15, 0.2) is 30.6 Å². The van der Waals surface area contributed by atoms with E-state index in [4.69, 9.17) is 16.7 Å². The zero-order chi connectivity index (χ0) is 29.5. The smallest absolute Gasteiger partial charge is 0.451 e. The van der Waals surface area contributed by atoms with Crippen LogP contribution in [0.2, 0.25) is 5.02 Å². The molecule has 4 heterocycles. The first kappa shape index (κ1) is 28.3. The average Bonchev–Trinajstić information content (AvgIpc) is 3.27. The number of nitrogens with one attached hydrogen (secondary N) is 2. The van der Waals surface area contributed by atoms with Crippen LogP contribution in [0.1, 0.15) is 47.4 Å². The maximum atomic E-state index is 13.5. The molecule has 1 aromatic carbocycles. The van der Waals surface area contributed by atoms with Crippen molar-refractivity contribution in [1.29, 1.82) is 0 Å². The molecule has 1 aliphatic heterocycles. The van der Waals surface area contributed by atoms with E-state index < -0.39 is 42.0 Å². The van der Waals surface area contributed by atoms with Gasteiger partial charge in [-0.1, -0.05) is 11.6 Å². The number of rotatable bonds is 7. The second-order valence-corrected chi connectivity index (χ2v) is 9.53. The number of halogens is 7. The molecule has 1 atom stereocenters. The van der Waals surface area contributed by atoms with E-state index >= 15 is 0 Å². The zero-order valence-corrected chi connectivity index (χ0v) is 21.4. The van der Waals surface area contributed by atoms with Crippen LogP contribution in [0.25, 0.3) is 10.9 Å². The molecule has 17 heteroatoms. The summed E-state index contributed by atoms with van der Waals surface area (Å²) in [6.07, 6.45) is -7.32. The highest BCUT2D eigenvalue weighted by atomic mass is 35.5. The Labute approximate surface area is 231 Å². The van der Waals surface area contributed by atoms with Gasteiger partial charge < -0.3 is 20.3 Å². The van der Waals surface area contributed by atoms with Gasteiger partial charge in [-0.3, -0.25) is 4.79 Å². The number of carbonyl (C=O) groups is 1. The van der Waals surface area contributed by atoms with E-state index in [9.17, 15) is 31.1 Å². The Kier molecular flexibility index (Phi) is 7.35. The maximum absolute atomic E-state index is 13.5. The summed E-state index contributed by atoms with van der Waals surface area (Å²) in [6.45, 7) is 0.213. The van der Waals surface area contributed by atoms with Gasteiger partial charge in [0.2, 0.25) is 23.5 Å². The second kappa shape index (κ2) is 10.6. The number of aliphatic carboxylic acids is 1. The number of anilines is 2. The first-order valence-corrected chi connectivity index (χ1v) is 12.4. The Bertz CT molecular complexity index is 1560. The molecule has 0 unspecified atom stereocenters. The Morgan fingerprint density at radius 2 is 1.73 bits per heavy atom. The van der Waals surface area contributed by atoms with Crippen molar-refractivity contribution in [2.45, 2.75) is 37.7 Å². The summed E-state index contributed by atoms with van der Waals surface area (Å²) in [6, 6.07) is 4.07. The van der Waals surface area contributed by atoms with Crippen LogP contribution in [-0.2, 0) is 23.6 Å². The quantitative estimate of drug-likeness (QED) is 0.192. The third kappa shape index (κ3) is 5.96. The number of fused-ring (bicyclic) bond motifs is 3. The largest absolute Gasteiger partial charge is 0.481 e. The highest BCUT2D eigenvalue weighted by molar-refractivity contribution is 6.31. The molecule has 0 bridgehead atoms. The minimum absolute atomic E-state index is 0.0507. The van der Waals surface area contributed by atoms with Crippen molar-refractivity contribution in [3.63, 3.8) is 0 Å². The molecule has 0 amide bonds. The van der Waals surface area contributed by atoms with Crippen LogP contribution in [0.4, 0.5) is 38.2 Å². The lowest BCUT2D eigenvalue weighted by Gasteiger charge is -2.36. The number of benzene rings is 1. The third-order valence-electron chi connectivity index (χ3n) is 6.31. The van der Waals surface area contributed by atoms with E-state index in [1.807, 2.05) is 0 Å². The van der Waals surface area contributed by atoms with Crippen molar-refractivity contribution in [1.82, 2.24) is 29.9 Å². The Morgan fingerprint density at radius 3 is 2.34 bits per heavy atom. The number of hydrogen-bond acceptors (Lipinski definition) is 8. The lowest BCUT2D eigenvalue weighted by Crippen LogP contribution is -2.38. The molecule has 0 aliphatic carbocycles. The summed E-state index contributed by atoms with van der Waals surface area (Å²) >= 11 is 6.18. The summed E-state index contributed by atoms with van der Waals surface area (Å²) < 4.78 is 81.2. The summed E-state index contributed by atoms with van der Waals surface area (Å²) in [4.78, 5) is 32.9. The molecule has 0 radical (unpaired) electrons. The van der Waals surface area contributed by atoms with Gasteiger partial charge in [0.05, 0.1) is 0 Å². The lowest BCUT2D eigenvalue weighted by atomic mass is 9.94. The van der Waals surface area contributed by atoms with Crippen molar-refractivity contribution in [3.05, 3.63) is 64.1 Å². The zero-order valence-electron chi connectivity index (χ0n) is 20.7. The number of aromatic nitrogens is 6. The van der Waals surface area contributed by atoms with Gasteiger partial charge in [-0.2, -0.15) is 36.3 Å². The van der Waals surface area contributed by atoms with Gasteiger partial charge >= 0.3 is 18.3 Å². The molecule has 3 N–H and O–H groups in total. The van der Waals surface area contributed by atoms with Crippen molar-refractivity contribution >= 4 is 40.4 Å². The molecule has 216 valence electrons. The molecule has 0 saturated carbocycles. The minimum Gasteiger partial charge on any atom is -0.481 e. The molecule has 10 nitrogen and oxygen atoms in total. The predicted molar refractivity (Wildman–Crippen MR) is 133 cm³/mol. The van der Waals surface area contributed by atoms with Gasteiger partial charge in [0.1, 0.15) is 6.04 Å². The Balaban J connectivity index is 1.60.